The van der Waals surface area contributed by atoms with Gasteiger partial charge in [0, 0.05) is 31.6 Å². The highest BCUT2D eigenvalue weighted by atomic mass is 35.5. The first-order chi connectivity index (χ1) is 10.2. The molecule has 0 bridgehead atoms. The molecule has 0 atom stereocenters. The van der Waals surface area contributed by atoms with E-state index in [1.807, 2.05) is 12.1 Å². The number of nitrogens with zero attached hydrogens (tertiary/aromatic N) is 1. The van der Waals surface area contributed by atoms with Gasteiger partial charge in [-0.3, -0.25) is 14.5 Å². The molecule has 1 aliphatic heterocycles. The molecular weight excluding hydrogens is 294 g/mol. The van der Waals surface area contributed by atoms with E-state index < -0.39 is 5.97 Å². The Kier molecular flexibility index (Phi) is 6.17. The summed E-state index contributed by atoms with van der Waals surface area (Å²) in [6.45, 7) is 4.26. The highest BCUT2D eigenvalue weighted by Gasteiger charge is 2.12. The van der Waals surface area contributed by atoms with E-state index in [1.165, 1.54) is 0 Å². The van der Waals surface area contributed by atoms with Crippen LogP contribution in [0, 0.1) is 0 Å². The van der Waals surface area contributed by atoms with Gasteiger partial charge in [0.25, 0.3) is 0 Å². The molecule has 1 aliphatic rings. The lowest BCUT2D eigenvalue weighted by Gasteiger charge is -2.26. The predicted octanol–water partition coefficient (Wildman–Crippen LogP) is 2.18. The zero-order valence-corrected chi connectivity index (χ0v) is 12.5. The third kappa shape index (κ3) is 5.12. The molecule has 1 fully saturated rings. The number of hydrogen-bond acceptors (Lipinski definition) is 5. The minimum atomic E-state index is -0.589. The quantitative estimate of drug-likeness (QED) is 0.754. The Morgan fingerprint density at radius 2 is 1.81 bits per heavy atom. The molecule has 1 heterocycles. The van der Waals surface area contributed by atoms with Crippen molar-refractivity contribution in [2.24, 2.45) is 0 Å². The summed E-state index contributed by atoms with van der Waals surface area (Å²) in [7, 11) is 0. The van der Waals surface area contributed by atoms with E-state index in [0.717, 1.165) is 38.4 Å². The van der Waals surface area contributed by atoms with Crippen molar-refractivity contribution < 1.29 is 18.6 Å². The predicted molar refractivity (Wildman–Crippen MR) is 78.0 cm³/mol. The van der Waals surface area contributed by atoms with E-state index in [-0.39, 0.29) is 18.6 Å². The average Bonchev–Trinajstić information content (AvgIpc) is 2.54. The first-order valence-electron chi connectivity index (χ1n) is 6.92. The number of benzene rings is 1. The van der Waals surface area contributed by atoms with Crippen LogP contribution in [0.25, 0.3) is 0 Å². The van der Waals surface area contributed by atoms with E-state index >= 15 is 0 Å². The largest absolute Gasteiger partial charge is 0.379 e. The molecule has 0 spiro atoms. The molecular formula is C15H18ClNO4. The van der Waals surface area contributed by atoms with Crippen LogP contribution in [0.1, 0.15) is 28.8 Å². The van der Waals surface area contributed by atoms with Crippen LogP contribution >= 0.6 is 11.9 Å². The van der Waals surface area contributed by atoms with Crippen LogP contribution in [0.2, 0.25) is 0 Å². The van der Waals surface area contributed by atoms with Gasteiger partial charge in [-0.25, -0.2) is 0 Å². The summed E-state index contributed by atoms with van der Waals surface area (Å²) in [6, 6.07) is 7.49. The van der Waals surface area contributed by atoms with Gasteiger partial charge >= 0.3 is 5.97 Å². The maximum atomic E-state index is 11.9. The molecule has 1 aromatic carbocycles. The minimum Gasteiger partial charge on any atom is -0.379 e. The van der Waals surface area contributed by atoms with Gasteiger partial charge in [-0.1, -0.05) is 24.3 Å². The van der Waals surface area contributed by atoms with Crippen LogP contribution in [0.4, 0.5) is 0 Å². The topological polar surface area (TPSA) is 55.8 Å². The Labute approximate surface area is 128 Å². The summed E-state index contributed by atoms with van der Waals surface area (Å²) in [6.07, 6.45) is 0.103. The number of hydrogen-bond donors (Lipinski definition) is 0. The fraction of sp³-hybridized carbons (Fsp3) is 0.467. The molecule has 0 radical (unpaired) electrons. The first-order valence-corrected chi connectivity index (χ1v) is 7.23. The van der Waals surface area contributed by atoms with Crippen LogP contribution in [-0.4, -0.2) is 43.0 Å². The third-order valence-electron chi connectivity index (χ3n) is 3.43. The second-order valence-corrected chi connectivity index (χ2v) is 5.11. The first kappa shape index (κ1) is 15.9. The monoisotopic (exact) mass is 311 g/mol. The van der Waals surface area contributed by atoms with Crippen LogP contribution in [-0.2, 0) is 20.4 Å². The molecule has 0 N–H and O–H groups in total. The third-order valence-corrected chi connectivity index (χ3v) is 3.60. The number of ketones is 1. The second kappa shape index (κ2) is 8.12. The normalized spacial score (nSPS) is 15.7. The van der Waals surface area contributed by atoms with E-state index in [4.69, 9.17) is 16.6 Å². The lowest BCUT2D eigenvalue weighted by molar-refractivity contribution is -0.133. The summed E-state index contributed by atoms with van der Waals surface area (Å²) < 4.78 is 9.32. The number of carbonyl (C=O) groups is 2. The number of ether oxygens (including phenoxy) is 1. The molecule has 0 saturated carbocycles. The Bertz CT molecular complexity index is 483. The molecule has 5 nitrogen and oxygen atoms in total. The van der Waals surface area contributed by atoms with Crippen molar-refractivity contribution in [2.45, 2.75) is 19.4 Å². The van der Waals surface area contributed by atoms with Crippen LogP contribution in [0.5, 0.6) is 0 Å². The molecule has 0 unspecified atom stereocenters. The number of carbonyl (C=O) groups excluding carboxylic acids is 2. The molecule has 114 valence electrons. The second-order valence-electron chi connectivity index (χ2n) is 4.96. The van der Waals surface area contributed by atoms with Crippen molar-refractivity contribution in [3.05, 3.63) is 35.4 Å². The lowest BCUT2D eigenvalue weighted by Crippen LogP contribution is -2.35. The number of rotatable bonds is 6. The Morgan fingerprint density at radius 3 is 2.43 bits per heavy atom. The minimum absolute atomic E-state index is 0.00212. The molecule has 1 saturated heterocycles. The van der Waals surface area contributed by atoms with Crippen molar-refractivity contribution in [2.75, 3.05) is 26.3 Å². The summed E-state index contributed by atoms with van der Waals surface area (Å²) in [5.74, 6) is -0.677. The number of Topliss-reactive ketones (excluding diaryl/α,β-unsaturated/α-hetero) is 1. The fourth-order valence-corrected chi connectivity index (χ4v) is 2.29. The molecule has 0 aliphatic carbocycles. The number of morpholine rings is 1. The van der Waals surface area contributed by atoms with Crippen LogP contribution in [0.15, 0.2) is 24.3 Å². The molecule has 1 aromatic rings. The van der Waals surface area contributed by atoms with Crippen molar-refractivity contribution >= 4 is 23.6 Å². The van der Waals surface area contributed by atoms with Gasteiger partial charge < -0.3 is 9.03 Å². The SMILES string of the molecule is O=C(CCC(=O)c1ccc(CN2CCOCC2)cc1)OCl. The van der Waals surface area contributed by atoms with E-state index in [0.29, 0.717) is 5.56 Å². The lowest BCUT2D eigenvalue weighted by atomic mass is 10.0. The standard InChI is InChI=1S/C15H18ClNO4/c16-21-15(19)6-5-14(18)13-3-1-12(2-4-13)11-17-7-9-20-10-8-17/h1-4H,5-11H2. The summed E-state index contributed by atoms with van der Waals surface area (Å²) >= 11 is 4.92. The van der Waals surface area contributed by atoms with E-state index in [1.54, 1.807) is 12.1 Å². The van der Waals surface area contributed by atoms with Crippen molar-refractivity contribution in [3.8, 4) is 0 Å². The molecule has 0 aromatic heterocycles. The van der Waals surface area contributed by atoms with Gasteiger partial charge in [0.05, 0.1) is 19.6 Å². The van der Waals surface area contributed by atoms with Gasteiger partial charge in [0.1, 0.15) is 11.9 Å². The van der Waals surface area contributed by atoms with Crippen LogP contribution < -0.4 is 0 Å². The molecule has 0 amide bonds. The molecule has 6 heteroatoms. The van der Waals surface area contributed by atoms with Gasteiger partial charge in [0.2, 0.25) is 0 Å². The van der Waals surface area contributed by atoms with E-state index in [2.05, 4.69) is 9.19 Å². The molecule has 21 heavy (non-hydrogen) atoms. The maximum Gasteiger partial charge on any atom is 0.325 e. The van der Waals surface area contributed by atoms with Gasteiger partial charge in [-0.05, 0) is 5.56 Å². The fourth-order valence-electron chi connectivity index (χ4n) is 2.21. The maximum absolute atomic E-state index is 11.9. The Balaban J connectivity index is 1.85. The van der Waals surface area contributed by atoms with E-state index in [9.17, 15) is 9.59 Å². The molecule has 2 rings (SSSR count). The smallest absolute Gasteiger partial charge is 0.325 e. The highest BCUT2D eigenvalue weighted by Crippen LogP contribution is 2.11. The summed E-state index contributed by atoms with van der Waals surface area (Å²) in [5.41, 5.74) is 1.76. The zero-order chi connectivity index (χ0) is 15.1. The Hall–Kier alpha value is -1.43. The highest BCUT2D eigenvalue weighted by molar-refractivity contribution is 6.13. The zero-order valence-electron chi connectivity index (χ0n) is 11.7. The van der Waals surface area contributed by atoms with Crippen LogP contribution in [0.3, 0.4) is 0 Å². The van der Waals surface area contributed by atoms with Crippen molar-refractivity contribution in [1.82, 2.24) is 4.90 Å². The number of halogens is 1. The van der Waals surface area contributed by atoms with Crippen molar-refractivity contribution in [1.29, 1.82) is 0 Å². The van der Waals surface area contributed by atoms with Gasteiger partial charge in [-0.15, -0.1) is 0 Å². The van der Waals surface area contributed by atoms with Gasteiger partial charge in [-0.2, -0.15) is 0 Å². The summed E-state index contributed by atoms with van der Waals surface area (Å²) in [5, 5.41) is 0. The van der Waals surface area contributed by atoms with Gasteiger partial charge in [0.15, 0.2) is 5.78 Å². The summed E-state index contributed by atoms with van der Waals surface area (Å²) in [4.78, 5) is 25.1. The van der Waals surface area contributed by atoms with Crippen molar-refractivity contribution in [3.63, 3.8) is 0 Å². The average molecular weight is 312 g/mol. The Morgan fingerprint density at radius 1 is 1.14 bits per heavy atom.